The number of carbonyl (C=O) groups excluding carboxylic acids is 3. The zero-order valence-corrected chi connectivity index (χ0v) is 15.2. The number of rotatable bonds is 3. The molecule has 2 aliphatic heterocycles. The number of piperazine rings is 1. The van der Waals surface area contributed by atoms with Gasteiger partial charge in [-0.2, -0.15) is 0 Å². The Kier molecular flexibility index (Phi) is 5.41. The highest BCUT2D eigenvalue weighted by atomic mass is 16.2. The Hall–Kier alpha value is -2.61. The van der Waals surface area contributed by atoms with Crippen LogP contribution in [0.25, 0.3) is 0 Å². The highest BCUT2D eigenvalue weighted by Gasteiger charge is 2.33. The number of benzene rings is 1. The molecule has 0 bridgehead atoms. The van der Waals surface area contributed by atoms with Gasteiger partial charge in [0.15, 0.2) is 0 Å². The molecule has 1 unspecified atom stereocenters. The molecule has 0 saturated carbocycles. The van der Waals surface area contributed by atoms with Gasteiger partial charge in [0.1, 0.15) is 6.54 Å². The molecule has 8 heteroatoms. The van der Waals surface area contributed by atoms with E-state index in [2.05, 4.69) is 15.5 Å². The number of hydrogen-bond acceptors (Lipinski definition) is 4. The minimum atomic E-state index is -0.356. The summed E-state index contributed by atoms with van der Waals surface area (Å²) in [5, 5.41) is 5.59. The van der Waals surface area contributed by atoms with Crippen LogP contribution in [-0.4, -0.2) is 73.0 Å². The minimum absolute atomic E-state index is 0.0268. The van der Waals surface area contributed by atoms with E-state index < -0.39 is 0 Å². The second kappa shape index (κ2) is 7.74. The summed E-state index contributed by atoms with van der Waals surface area (Å²) in [5.41, 5.74) is 1.38. The number of fused-ring (bicyclic) bond motifs is 1. The Morgan fingerprint density at radius 3 is 2.58 bits per heavy atom. The highest BCUT2D eigenvalue weighted by Crippen LogP contribution is 2.29. The molecule has 2 N–H and O–H groups in total. The van der Waals surface area contributed by atoms with Crippen LogP contribution >= 0.6 is 0 Å². The summed E-state index contributed by atoms with van der Waals surface area (Å²) in [5.74, 6) is -0.288. The zero-order chi connectivity index (χ0) is 18.7. The van der Waals surface area contributed by atoms with Crippen molar-refractivity contribution in [3.05, 3.63) is 24.3 Å². The van der Waals surface area contributed by atoms with Crippen molar-refractivity contribution in [1.29, 1.82) is 0 Å². The normalized spacial score (nSPS) is 18.8. The fourth-order valence-electron chi connectivity index (χ4n) is 3.39. The fraction of sp³-hybridized carbons (Fsp3) is 0.500. The molecule has 1 fully saturated rings. The van der Waals surface area contributed by atoms with Crippen LogP contribution in [0.5, 0.6) is 0 Å². The average molecular weight is 359 g/mol. The predicted octanol–water partition coefficient (Wildman–Crippen LogP) is 0.707. The van der Waals surface area contributed by atoms with Crippen LogP contribution in [0.15, 0.2) is 24.3 Å². The molecular weight excluding hydrogens is 334 g/mol. The van der Waals surface area contributed by atoms with Crippen LogP contribution in [0.2, 0.25) is 0 Å². The molecule has 2 heterocycles. The number of para-hydroxylation sites is 2. The number of carbonyl (C=O) groups is 3. The molecule has 0 aromatic heterocycles. The molecule has 1 atom stereocenters. The molecule has 1 aromatic rings. The molecule has 8 nitrogen and oxygen atoms in total. The van der Waals surface area contributed by atoms with E-state index in [9.17, 15) is 14.4 Å². The van der Waals surface area contributed by atoms with E-state index >= 15 is 0 Å². The van der Waals surface area contributed by atoms with Crippen LogP contribution in [0.4, 0.5) is 16.2 Å². The van der Waals surface area contributed by atoms with Gasteiger partial charge in [-0.05, 0) is 26.0 Å². The number of anilines is 2. The van der Waals surface area contributed by atoms with Crippen LogP contribution in [-0.2, 0) is 9.59 Å². The number of nitrogens with one attached hydrogen (secondary N) is 2. The lowest BCUT2D eigenvalue weighted by atomic mass is 10.1. The van der Waals surface area contributed by atoms with Gasteiger partial charge >= 0.3 is 6.03 Å². The second-order valence-corrected chi connectivity index (χ2v) is 6.52. The third kappa shape index (κ3) is 3.65. The van der Waals surface area contributed by atoms with E-state index in [1.165, 1.54) is 0 Å². The molecule has 140 valence electrons. The maximum Gasteiger partial charge on any atom is 0.317 e. The second-order valence-electron chi connectivity index (χ2n) is 6.52. The quantitative estimate of drug-likeness (QED) is 0.832. The number of hydrogen-bond donors (Lipinski definition) is 2. The summed E-state index contributed by atoms with van der Waals surface area (Å²) < 4.78 is 0. The predicted molar refractivity (Wildman–Crippen MR) is 99.1 cm³/mol. The van der Waals surface area contributed by atoms with Crippen molar-refractivity contribution in [3.63, 3.8) is 0 Å². The maximum atomic E-state index is 13.0. The molecule has 4 amide bonds. The largest absolute Gasteiger partial charge is 0.338 e. The van der Waals surface area contributed by atoms with Gasteiger partial charge in [0, 0.05) is 32.7 Å². The average Bonchev–Trinajstić information content (AvgIpc) is 2.66. The van der Waals surface area contributed by atoms with Crippen molar-refractivity contribution in [3.8, 4) is 0 Å². The summed E-state index contributed by atoms with van der Waals surface area (Å²) in [6.07, 6.45) is 0. The standard InChI is InChI=1S/C18H25N5O3/c1-3-19-18(26)22-10-8-21(9-11-22)13(2)17(25)23-12-16(24)20-14-6-4-5-7-15(14)23/h4-7,13H,3,8-12H2,1-2H3,(H,19,26)(H,20,24). The summed E-state index contributed by atoms with van der Waals surface area (Å²) >= 11 is 0. The van der Waals surface area contributed by atoms with Crippen molar-refractivity contribution in [2.45, 2.75) is 19.9 Å². The van der Waals surface area contributed by atoms with Crippen molar-refractivity contribution < 1.29 is 14.4 Å². The number of urea groups is 1. The van der Waals surface area contributed by atoms with E-state index in [4.69, 9.17) is 0 Å². The van der Waals surface area contributed by atoms with E-state index in [-0.39, 0.29) is 30.4 Å². The third-order valence-corrected chi connectivity index (χ3v) is 4.87. The van der Waals surface area contributed by atoms with Crippen LogP contribution in [0, 0.1) is 0 Å². The molecule has 2 aliphatic rings. The summed E-state index contributed by atoms with van der Waals surface area (Å²) in [4.78, 5) is 42.3. The fourth-order valence-corrected chi connectivity index (χ4v) is 3.39. The van der Waals surface area contributed by atoms with Gasteiger partial charge < -0.3 is 15.5 Å². The SMILES string of the molecule is CCNC(=O)N1CCN(C(C)C(=O)N2CC(=O)Nc3ccccc32)CC1. The zero-order valence-electron chi connectivity index (χ0n) is 15.2. The minimum Gasteiger partial charge on any atom is -0.338 e. The summed E-state index contributed by atoms with van der Waals surface area (Å²) in [6, 6.07) is 6.90. The molecule has 0 radical (unpaired) electrons. The lowest BCUT2D eigenvalue weighted by Crippen LogP contribution is -2.57. The van der Waals surface area contributed by atoms with Gasteiger partial charge in [-0.3, -0.25) is 19.4 Å². The Morgan fingerprint density at radius 1 is 1.19 bits per heavy atom. The van der Waals surface area contributed by atoms with Gasteiger partial charge in [0.05, 0.1) is 17.4 Å². The first-order chi connectivity index (χ1) is 12.5. The lowest BCUT2D eigenvalue weighted by Gasteiger charge is -2.39. The number of nitrogens with zero attached hydrogens (tertiary/aromatic N) is 3. The van der Waals surface area contributed by atoms with Gasteiger partial charge in [-0.25, -0.2) is 4.79 Å². The van der Waals surface area contributed by atoms with Crippen LogP contribution in [0.1, 0.15) is 13.8 Å². The van der Waals surface area contributed by atoms with Crippen molar-refractivity contribution in [2.75, 3.05) is 49.5 Å². The molecule has 26 heavy (non-hydrogen) atoms. The van der Waals surface area contributed by atoms with E-state index in [1.54, 1.807) is 15.9 Å². The Balaban J connectivity index is 1.66. The molecule has 3 rings (SSSR count). The first-order valence-corrected chi connectivity index (χ1v) is 8.98. The first kappa shape index (κ1) is 18.2. The summed E-state index contributed by atoms with van der Waals surface area (Å²) in [6.45, 7) is 6.81. The van der Waals surface area contributed by atoms with Gasteiger partial charge in [0.2, 0.25) is 11.8 Å². The molecular formula is C18H25N5O3. The van der Waals surface area contributed by atoms with Gasteiger partial charge in [-0.1, -0.05) is 12.1 Å². The summed E-state index contributed by atoms with van der Waals surface area (Å²) in [7, 11) is 0. The van der Waals surface area contributed by atoms with Gasteiger partial charge in [-0.15, -0.1) is 0 Å². The smallest absolute Gasteiger partial charge is 0.317 e. The van der Waals surface area contributed by atoms with Crippen molar-refractivity contribution in [2.24, 2.45) is 0 Å². The van der Waals surface area contributed by atoms with E-state index in [0.717, 1.165) is 5.69 Å². The Labute approximate surface area is 153 Å². The topological polar surface area (TPSA) is 85.0 Å². The van der Waals surface area contributed by atoms with Crippen LogP contribution in [0.3, 0.4) is 0 Å². The van der Waals surface area contributed by atoms with Gasteiger partial charge in [0.25, 0.3) is 0 Å². The molecule has 1 saturated heterocycles. The monoisotopic (exact) mass is 359 g/mol. The molecule has 0 aliphatic carbocycles. The molecule has 1 aromatic carbocycles. The van der Waals surface area contributed by atoms with Crippen molar-refractivity contribution >= 4 is 29.2 Å². The Morgan fingerprint density at radius 2 is 1.88 bits per heavy atom. The first-order valence-electron chi connectivity index (χ1n) is 8.98. The van der Waals surface area contributed by atoms with Crippen molar-refractivity contribution in [1.82, 2.24) is 15.1 Å². The maximum absolute atomic E-state index is 13.0. The highest BCUT2D eigenvalue weighted by molar-refractivity contribution is 6.11. The third-order valence-electron chi connectivity index (χ3n) is 4.87. The molecule has 0 spiro atoms. The number of amides is 4. The van der Waals surface area contributed by atoms with Crippen LogP contribution < -0.4 is 15.5 Å². The van der Waals surface area contributed by atoms with E-state index in [0.29, 0.717) is 38.4 Å². The lowest BCUT2D eigenvalue weighted by molar-refractivity contribution is -0.125. The van der Waals surface area contributed by atoms with E-state index in [1.807, 2.05) is 32.0 Å². The Bertz CT molecular complexity index is 700.